The van der Waals surface area contributed by atoms with Gasteiger partial charge in [0.05, 0.1) is 10.9 Å². The van der Waals surface area contributed by atoms with Crippen molar-refractivity contribution in [3.63, 3.8) is 0 Å². The highest BCUT2D eigenvalue weighted by atomic mass is 16.1. The lowest BCUT2D eigenvalue weighted by atomic mass is 10.1. The van der Waals surface area contributed by atoms with Crippen LogP contribution < -0.4 is 5.56 Å². The summed E-state index contributed by atoms with van der Waals surface area (Å²) in [6.07, 6.45) is 2.42. The first kappa shape index (κ1) is 15.5. The highest BCUT2D eigenvalue weighted by Crippen LogP contribution is 2.22. The van der Waals surface area contributed by atoms with Gasteiger partial charge in [0.1, 0.15) is 5.82 Å². The van der Waals surface area contributed by atoms with E-state index in [2.05, 4.69) is 29.9 Å². The lowest BCUT2D eigenvalue weighted by Gasteiger charge is -2.07. The summed E-state index contributed by atoms with van der Waals surface area (Å²) in [5.74, 6) is 1.06. The van der Waals surface area contributed by atoms with Crippen molar-refractivity contribution < 1.29 is 0 Å². The van der Waals surface area contributed by atoms with Crippen molar-refractivity contribution in [3.8, 4) is 0 Å². The van der Waals surface area contributed by atoms with Gasteiger partial charge in [-0.15, -0.1) is 0 Å². The first-order valence-electron chi connectivity index (χ1n) is 8.47. The van der Waals surface area contributed by atoms with E-state index in [0.717, 1.165) is 27.5 Å². The average molecular weight is 329 g/mol. The minimum absolute atomic E-state index is 0.0995. The van der Waals surface area contributed by atoms with E-state index in [9.17, 15) is 4.79 Å². The van der Waals surface area contributed by atoms with E-state index >= 15 is 0 Å². The maximum Gasteiger partial charge on any atom is 0.258 e. The number of hydrogen-bond acceptors (Lipinski definition) is 3. The molecule has 0 saturated heterocycles. The third kappa shape index (κ3) is 2.91. The van der Waals surface area contributed by atoms with Gasteiger partial charge in [-0.3, -0.25) is 9.78 Å². The number of pyridine rings is 1. The lowest BCUT2D eigenvalue weighted by molar-refractivity contribution is 0.818. The second-order valence-electron chi connectivity index (χ2n) is 6.62. The quantitative estimate of drug-likeness (QED) is 0.573. The molecule has 0 amide bonds. The molecule has 2 aromatic heterocycles. The zero-order valence-corrected chi connectivity index (χ0v) is 14.3. The Bertz CT molecular complexity index is 1110. The van der Waals surface area contributed by atoms with Gasteiger partial charge in [0.15, 0.2) is 0 Å². The zero-order valence-electron chi connectivity index (χ0n) is 14.3. The molecule has 2 aromatic carbocycles. The molecule has 0 aliphatic carbocycles. The van der Waals surface area contributed by atoms with Crippen LogP contribution in [0.5, 0.6) is 0 Å². The Morgan fingerprint density at radius 2 is 1.84 bits per heavy atom. The fourth-order valence-corrected chi connectivity index (χ4v) is 3.08. The Morgan fingerprint density at radius 1 is 1.00 bits per heavy atom. The number of aromatic amines is 1. The summed E-state index contributed by atoms with van der Waals surface area (Å²) < 4.78 is 0. The van der Waals surface area contributed by atoms with Crippen LogP contribution in [0.3, 0.4) is 0 Å². The van der Waals surface area contributed by atoms with Gasteiger partial charge < -0.3 is 4.98 Å². The van der Waals surface area contributed by atoms with Crippen LogP contribution in [0.25, 0.3) is 21.7 Å². The van der Waals surface area contributed by atoms with Crippen molar-refractivity contribution in [2.75, 3.05) is 0 Å². The molecule has 4 heteroatoms. The highest BCUT2D eigenvalue weighted by Gasteiger charge is 2.09. The van der Waals surface area contributed by atoms with E-state index < -0.39 is 0 Å². The van der Waals surface area contributed by atoms with Gasteiger partial charge in [-0.05, 0) is 29.0 Å². The number of rotatable bonds is 3. The molecule has 0 bridgehead atoms. The first-order chi connectivity index (χ1) is 12.1. The van der Waals surface area contributed by atoms with Crippen LogP contribution in [0.4, 0.5) is 0 Å². The van der Waals surface area contributed by atoms with Gasteiger partial charge in [0.25, 0.3) is 5.56 Å². The third-order valence-corrected chi connectivity index (χ3v) is 4.46. The smallest absolute Gasteiger partial charge is 0.258 e. The molecule has 25 heavy (non-hydrogen) atoms. The zero-order chi connectivity index (χ0) is 17.4. The summed E-state index contributed by atoms with van der Waals surface area (Å²) in [7, 11) is 0. The minimum Gasteiger partial charge on any atom is -0.310 e. The van der Waals surface area contributed by atoms with Crippen molar-refractivity contribution in [3.05, 3.63) is 82.2 Å². The number of benzene rings is 2. The van der Waals surface area contributed by atoms with E-state index in [1.807, 2.05) is 48.7 Å². The monoisotopic (exact) mass is 329 g/mol. The lowest BCUT2D eigenvalue weighted by Crippen LogP contribution is -2.12. The van der Waals surface area contributed by atoms with Crippen molar-refractivity contribution in [1.29, 1.82) is 0 Å². The van der Waals surface area contributed by atoms with Crippen LogP contribution in [0.15, 0.2) is 59.5 Å². The molecule has 4 aromatic rings. The molecular formula is C21H19N3O. The van der Waals surface area contributed by atoms with Crippen molar-refractivity contribution in [2.24, 2.45) is 0 Å². The first-order valence-corrected chi connectivity index (χ1v) is 8.47. The van der Waals surface area contributed by atoms with Crippen LogP contribution in [0.1, 0.15) is 36.8 Å². The van der Waals surface area contributed by atoms with Crippen molar-refractivity contribution >= 4 is 21.7 Å². The largest absolute Gasteiger partial charge is 0.310 e. The molecule has 0 spiro atoms. The topological polar surface area (TPSA) is 58.6 Å². The predicted octanol–water partition coefficient (Wildman–Crippen LogP) is 4.19. The standard InChI is InChI=1S/C21H19N3O/c1-13(2)18-10-7-14(12-22-18)11-19-23-20-16-6-4-3-5-15(16)8-9-17(20)21(25)24-19/h3-10,12-13H,11H2,1-2H3,(H,23,24,25). The molecule has 2 heterocycles. The van der Waals surface area contributed by atoms with E-state index in [4.69, 9.17) is 4.98 Å². The fraction of sp³-hybridized carbons (Fsp3) is 0.190. The van der Waals surface area contributed by atoms with Gasteiger partial charge in [0, 0.05) is 23.7 Å². The van der Waals surface area contributed by atoms with Crippen LogP contribution in [-0.2, 0) is 6.42 Å². The third-order valence-electron chi connectivity index (χ3n) is 4.46. The second kappa shape index (κ2) is 6.13. The summed E-state index contributed by atoms with van der Waals surface area (Å²) >= 11 is 0. The van der Waals surface area contributed by atoms with Gasteiger partial charge in [-0.25, -0.2) is 4.98 Å². The molecule has 0 aliphatic heterocycles. The number of nitrogens with one attached hydrogen (secondary N) is 1. The highest BCUT2D eigenvalue weighted by molar-refractivity contribution is 6.04. The summed E-state index contributed by atoms with van der Waals surface area (Å²) in [5.41, 5.74) is 2.75. The van der Waals surface area contributed by atoms with Gasteiger partial charge in [0.2, 0.25) is 0 Å². The molecule has 4 rings (SSSR count). The summed E-state index contributed by atoms with van der Waals surface area (Å²) in [4.78, 5) is 24.6. The van der Waals surface area contributed by atoms with Crippen molar-refractivity contribution in [1.82, 2.24) is 15.0 Å². The van der Waals surface area contributed by atoms with E-state index in [1.54, 1.807) is 0 Å². The van der Waals surface area contributed by atoms with Crippen LogP contribution in [-0.4, -0.2) is 15.0 Å². The Kier molecular flexibility index (Phi) is 3.80. The number of fused-ring (bicyclic) bond motifs is 3. The Labute approximate surface area is 145 Å². The van der Waals surface area contributed by atoms with Gasteiger partial charge in [-0.2, -0.15) is 0 Å². The molecule has 0 radical (unpaired) electrons. The maximum absolute atomic E-state index is 12.5. The number of hydrogen-bond donors (Lipinski definition) is 1. The average Bonchev–Trinajstić information content (AvgIpc) is 2.62. The Balaban J connectivity index is 1.79. The van der Waals surface area contributed by atoms with Crippen molar-refractivity contribution in [2.45, 2.75) is 26.2 Å². The Morgan fingerprint density at radius 3 is 2.60 bits per heavy atom. The number of nitrogens with zero attached hydrogens (tertiary/aromatic N) is 2. The fourth-order valence-electron chi connectivity index (χ4n) is 3.08. The maximum atomic E-state index is 12.5. The minimum atomic E-state index is -0.0995. The van der Waals surface area contributed by atoms with Crippen LogP contribution in [0.2, 0.25) is 0 Å². The van der Waals surface area contributed by atoms with Gasteiger partial charge >= 0.3 is 0 Å². The molecule has 1 N–H and O–H groups in total. The SMILES string of the molecule is CC(C)c1ccc(Cc2nc3c(ccc4ccccc43)c(=O)[nH]2)cn1. The predicted molar refractivity (Wildman–Crippen MR) is 101 cm³/mol. The normalized spacial score (nSPS) is 11.5. The Hall–Kier alpha value is -3.01. The number of aromatic nitrogens is 3. The number of H-pyrrole nitrogens is 1. The molecular weight excluding hydrogens is 310 g/mol. The van der Waals surface area contributed by atoms with E-state index in [1.165, 1.54) is 0 Å². The molecule has 0 unspecified atom stereocenters. The molecule has 0 aliphatic rings. The summed E-state index contributed by atoms with van der Waals surface area (Å²) in [6, 6.07) is 15.9. The molecule has 0 fully saturated rings. The second-order valence-corrected chi connectivity index (χ2v) is 6.62. The van der Waals surface area contributed by atoms with Crippen LogP contribution in [0, 0.1) is 0 Å². The van der Waals surface area contributed by atoms with Crippen LogP contribution >= 0.6 is 0 Å². The molecule has 0 atom stereocenters. The molecule has 124 valence electrons. The molecule has 0 saturated carbocycles. The van der Waals surface area contributed by atoms with E-state index in [-0.39, 0.29) is 5.56 Å². The van der Waals surface area contributed by atoms with E-state index in [0.29, 0.717) is 23.5 Å². The summed E-state index contributed by atoms with van der Waals surface area (Å²) in [5, 5.41) is 2.71. The summed E-state index contributed by atoms with van der Waals surface area (Å²) in [6.45, 7) is 4.24. The van der Waals surface area contributed by atoms with Gasteiger partial charge in [-0.1, -0.05) is 50.2 Å². The molecule has 4 nitrogen and oxygen atoms in total.